The number of halogens is 3. The second-order valence-electron chi connectivity index (χ2n) is 9.14. The third kappa shape index (κ3) is 4.40. The van der Waals surface area contributed by atoms with E-state index in [-0.39, 0.29) is 37.2 Å². The minimum atomic E-state index is -1.71. The summed E-state index contributed by atoms with van der Waals surface area (Å²) in [6.07, 6.45) is 0.700. The smallest absolute Gasteiger partial charge is 0.407 e. The normalized spacial score (nSPS) is 33.2. The minimum Gasteiger partial charge on any atom is -0.445 e. The number of amides is 1. The maximum atomic E-state index is 12.6. The van der Waals surface area contributed by atoms with Crippen LogP contribution < -0.4 is 10.6 Å². The van der Waals surface area contributed by atoms with Crippen LogP contribution in [0.25, 0.3) is 0 Å². The SMILES string of the molecule is CC[C@@](O)(CO)[C@@H]1C[C@@H]2OC[C@@H]1[C@@H](NC(=O)OCC(Cl)(Cl)Cl)C[C@@]21CNc2ccccc21. The number of carbonyl (C=O) groups is 1. The largest absolute Gasteiger partial charge is 0.445 e. The zero-order chi connectivity index (χ0) is 23.1. The molecule has 3 fully saturated rings. The Morgan fingerprint density at radius 2 is 2.12 bits per heavy atom. The Balaban J connectivity index is 1.68. The van der Waals surface area contributed by atoms with Crippen LogP contribution in [0.1, 0.15) is 31.7 Å². The summed E-state index contributed by atoms with van der Waals surface area (Å²) in [7, 11) is 0. The van der Waals surface area contributed by atoms with Gasteiger partial charge in [0.05, 0.1) is 24.9 Å². The van der Waals surface area contributed by atoms with Crippen LogP contribution >= 0.6 is 34.8 Å². The average molecular weight is 508 g/mol. The highest BCUT2D eigenvalue weighted by Crippen LogP contribution is 2.53. The molecule has 0 radical (unpaired) electrons. The highest BCUT2D eigenvalue weighted by molar-refractivity contribution is 6.67. The first-order chi connectivity index (χ1) is 15.1. The molecule has 1 aromatic rings. The van der Waals surface area contributed by atoms with Crippen LogP contribution in [-0.2, 0) is 14.9 Å². The molecule has 4 aliphatic rings. The molecule has 178 valence electrons. The first-order valence-corrected chi connectivity index (χ1v) is 12.0. The molecule has 3 aliphatic heterocycles. The number of anilines is 1. The molecule has 1 aromatic carbocycles. The van der Waals surface area contributed by atoms with E-state index in [2.05, 4.69) is 16.7 Å². The number of carbonyl (C=O) groups excluding carboxylic acids is 1. The number of para-hydroxylation sites is 1. The number of fused-ring (bicyclic) bond motifs is 4. The molecule has 1 amide bonds. The third-order valence-corrected chi connectivity index (χ3v) is 7.82. The van der Waals surface area contributed by atoms with Gasteiger partial charge in [0.1, 0.15) is 6.61 Å². The van der Waals surface area contributed by atoms with E-state index in [1.165, 1.54) is 0 Å². The molecule has 4 N–H and O–H groups in total. The number of aliphatic hydroxyl groups is 2. The number of aliphatic hydroxyl groups excluding tert-OH is 1. The predicted molar refractivity (Wildman–Crippen MR) is 123 cm³/mol. The van der Waals surface area contributed by atoms with Gasteiger partial charge in [-0.2, -0.15) is 0 Å². The lowest BCUT2D eigenvalue weighted by molar-refractivity contribution is -0.147. The van der Waals surface area contributed by atoms with Gasteiger partial charge in [0, 0.05) is 29.6 Å². The predicted octanol–water partition coefficient (Wildman–Crippen LogP) is 3.37. The Morgan fingerprint density at radius 1 is 1.38 bits per heavy atom. The van der Waals surface area contributed by atoms with Crippen molar-refractivity contribution in [3.8, 4) is 0 Å². The molecule has 1 aliphatic carbocycles. The van der Waals surface area contributed by atoms with Crippen LogP contribution in [0.5, 0.6) is 0 Å². The number of hydrogen-bond acceptors (Lipinski definition) is 6. The molecule has 0 aromatic heterocycles. The topological polar surface area (TPSA) is 100 Å². The number of alkyl carbamates (subject to hydrolysis) is 1. The third-order valence-electron chi connectivity index (χ3n) is 7.50. The van der Waals surface area contributed by atoms with E-state index in [4.69, 9.17) is 44.3 Å². The Labute approximate surface area is 202 Å². The Morgan fingerprint density at radius 3 is 2.81 bits per heavy atom. The minimum absolute atomic E-state index is 0.173. The van der Waals surface area contributed by atoms with Gasteiger partial charge < -0.3 is 30.3 Å². The van der Waals surface area contributed by atoms with Crippen LogP contribution in [0.15, 0.2) is 24.3 Å². The lowest BCUT2D eigenvalue weighted by Gasteiger charge is -2.45. The summed E-state index contributed by atoms with van der Waals surface area (Å²) < 4.78 is 9.78. The average Bonchev–Trinajstić information content (AvgIpc) is 3.01. The molecule has 6 atom stereocenters. The first-order valence-electron chi connectivity index (χ1n) is 10.9. The van der Waals surface area contributed by atoms with Crippen LogP contribution in [0.2, 0.25) is 0 Å². The summed E-state index contributed by atoms with van der Waals surface area (Å²) in [6, 6.07) is 7.73. The van der Waals surface area contributed by atoms with E-state index < -0.39 is 20.9 Å². The van der Waals surface area contributed by atoms with E-state index in [1.54, 1.807) is 0 Å². The summed E-state index contributed by atoms with van der Waals surface area (Å²) in [5.41, 5.74) is 0.517. The molecule has 7 nitrogen and oxygen atoms in total. The van der Waals surface area contributed by atoms with Crippen molar-refractivity contribution in [1.82, 2.24) is 5.32 Å². The van der Waals surface area contributed by atoms with Crippen LogP contribution in [-0.4, -0.2) is 64.2 Å². The molecule has 1 spiro atoms. The van der Waals surface area contributed by atoms with Gasteiger partial charge in [-0.3, -0.25) is 0 Å². The van der Waals surface area contributed by atoms with Gasteiger partial charge >= 0.3 is 6.09 Å². The van der Waals surface area contributed by atoms with Crippen molar-refractivity contribution in [2.45, 2.75) is 53.1 Å². The van der Waals surface area contributed by atoms with Crippen LogP contribution in [0.4, 0.5) is 10.5 Å². The standard InChI is InChI=1S/C22H29Cl3N2O5/c1-2-21(30,11-28)15-7-18-20(10-26-16-6-4-3-5-14(16)20)8-17(13(15)9-31-18)27-19(29)32-12-22(23,24)25/h3-6,13,15,17-18,26,28,30H,2,7-12H2,1H3,(H,27,29)/t13-,15+,17-,18-,20-,21+/m0/s1. The second kappa shape index (κ2) is 9.01. The van der Waals surface area contributed by atoms with Gasteiger partial charge in [-0.1, -0.05) is 59.9 Å². The van der Waals surface area contributed by atoms with E-state index in [0.717, 1.165) is 11.3 Å². The summed E-state index contributed by atoms with van der Waals surface area (Å²) >= 11 is 17.2. The molecule has 5 rings (SSSR count). The fourth-order valence-corrected chi connectivity index (χ4v) is 5.93. The number of rotatable bonds is 5. The zero-order valence-electron chi connectivity index (χ0n) is 17.8. The van der Waals surface area contributed by atoms with E-state index in [1.807, 2.05) is 25.1 Å². The zero-order valence-corrected chi connectivity index (χ0v) is 20.1. The maximum absolute atomic E-state index is 12.6. The second-order valence-corrected chi connectivity index (χ2v) is 11.7. The Kier molecular flexibility index (Phi) is 6.80. The van der Waals surface area contributed by atoms with E-state index >= 15 is 0 Å². The van der Waals surface area contributed by atoms with Gasteiger partial charge in [0.25, 0.3) is 0 Å². The summed E-state index contributed by atoms with van der Waals surface area (Å²) in [6.45, 7) is 2.13. The highest BCUT2D eigenvalue weighted by Gasteiger charge is 2.59. The first kappa shape index (κ1) is 24.2. The number of ether oxygens (including phenoxy) is 2. The molecule has 2 saturated heterocycles. The Hall–Kier alpha value is -0.960. The van der Waals surface area contributed by atoms with Crippen molar-refractivity contribution < 1.29 is 24.5 Å². The number of nitrogens with one attached hydrogen (secondary N) is 2. The lowest BCUT2D eigenvalue weighted by Crippen LogP contribution is -2.54. The van der Waals surface area contributed by atoms with E-state index in [0.29, 0.717) is 32.4 Å². The van der Waals surface area contributed by atoms with Crippen molar-refractivity contribution in [3.05, 3.63) is 29.8 Å². The van der Waals surface area contributed by atoms with Crippen molar-refractivity contribution in [1.29, 1.82) is 0 Å². The monoisotopic (exact) mass is 506 g/mol. The molecule has 0 unspecified atom stereocenters. The molecular formula is C22H29Cl3N2O5. The van der Waals surface area contributed by atoms with Crippen LogP contribution in [0, 0.1) is 11.8 Å². The summed E-state index contributed by atoms with van der Waals surface area (Å²) in [5.74, 6) is -0.474. The van der Waals surface area contributed by atoms with Gasteiger partial charge in [-0.15, -0.1) is 0 Å². The molecule has 1 saturated carbocycles. The van der Waals surface area contributed by atoms with Gasteiger partial charge in [0.15, 0.2) is 0 Å². The number of hydrogen-bond donors (Lipinski definition) is 4. The summed E-state index contributed by atoms with van der Waals surface area (Å²) in [5, 5.41) is 27.8. The molecule has 2 bridgehead atoms. The van der Waals surface area contributed by atoms with E-state index in [9.17, 15) is 15.0 Å². The fraction of sp³-hybridized carbons (Fsp3) is 0.682. The van der Waals surface area contributed by atoms with Crippen molar-refractivity contribution in [2.24, 2.45) is 11.8 Å². The lowest BCUT2D eigenvalue weighted by atomic mass is 9.70. The van der Waals surface area contributed by atoms with Crippen LogP contribution in [0.3, 0.4) is 0 Å². The molecular weight excluding hydrogens is 479 g/mol. The van der Waals surface area contributed by atoms with Crippen molar-refractivity contribution in [3.63, 3.8) is 0 Å². The number of alkyl halides is 3. The quantitative estimate of drug-likeness (QED) is 0.456. The molecule has 32 heavy (non-hydrogen) atoms. The van der Waals surface area contributed by atoms with Gasteiger partial charge in [-0.25, -0.2) is 4.79 Å². The summed E-state index contributed by atoms with van der Waals surface area (Å²) in [4.78, 5) is 12.6. The number of benzene rings is 1. The molecule has 10 heteroatoms. The highest BCUT2D eigenvalue weighted by atomic mass is 35.6. The van der Waals surface area contributed by atoms with Crippen molar-refractivity contribution >= 4 is 46.6 Å². The maximum Gasteiger partial charge on any atom is 0.407 e. The fourth-order valence-electron chi connectivity index (χ4n) is 5.77. The van der Waals surface area contributed by atoms with Gasteiger partial charge in [0.2, 0.25) is 3.79 Å². The molecule has 3 heterocycles. The Bertz CT molecular complexity index is 847. The van der Waals surface area contributed by atoms with Gasteiger partial charge in [-0.05, 0) is 36.8 Å². The van der Waals surface area contributed by atoms with Crippen molar-refractivity contribution in [2.75, 3.05) is 31.7 Å².